The van der Waals surface area contributed by atoms with E-state index in [9.17, 15) is 4.79 Å². The Kier molecular flexibility index (Phi) is 24.1. The lowest BCUT2D eigenvalue weighted by atomic mass is 10.3. The van der Waals surface area contributed by atoms with Gasteiger partial charge in [-0.1, -0.05) is 41.2 Å². The standard InChI is InChI=1S/C6H9NO.2C2H6.CH4.H2/c8-6-4-2-1-3-5-7-6;2*1-2;;/h2,4H,1,3,5H2,(H,7,8);2*1-2H3;1H4;1H. The summed E-state index contributed by atoms with van der Waals surface area (Å²) in [7, 11) is 0. The lowest BCUT2D eigenvalue weighted by Crippen LogP contribution is -2.20. The van der Waals surface area contributed by atoms with Gasteiger partial charge < -0.3 is 5.32 Å². The van der Waals surface area contributed by atoms with E-state index in [1.165, 1.54) is 0 Å². The molecule has 0 spiro atoms. The molecule has 2 nitrogen and oxygen atoms in total. The molecule has 0 atom stereocenters. The van der Waals surface area contributed by atoms with Crippen LogP contribution in [0.4, 0.5) is 0 Å². The van der Waals surface area contributed by atoms with Crippen LogP contribution in [0.25, 0.3) is 0 Å². The Balaban J connectivity index is -0.0000000750. The molecule has 1 amide bonds. The zero-order valence-corrected chi connectivity index (χ0v) is 8.68. The molecule has 0 aromatic heterocycles. The summed E-state index contributed by atoms with van der Waals surface area (Å²) in [5, 5.41) is 2.72. The zero-order valence-electron chi connectivity index (χ0n) is 8.68. The second kappa shape index (κ2) is 17.3. The summed E-state index contributed by atoms with van der Waals surface area (Å²) in [5.74, 6) is 0.0440. The van der Waals surface area contributed by atoms with Crippen LogP contribution in [-0.4, -0.2) is 12.5 Å². The van der Waals surface area contributed by atoms with Gasteiger partial charge in [-0.25, -0.2) is 0 Å². The molecule has 1 heterocycles. The van der Waals surface area contributed by atoms with Crippen molar-refractivity contribution in [3.05, 3.63) is 12.2 Å². The summed E-state index contributed by atoms with van der Waals surface area (Å²) in [6, 6.07) is 0. The average molecular weight is 189 g/mol. The van der Waals surface area contributed by atoms with E-state index in [1.54, 1.807) is 6.08 Å². The quantitative estimate of drug-likeness (QED) is 0.622. The summed E-state index contributed by atoms with van der Waals surface area (Å²) >= 11 is 0. The Bertz CT molecular complexity index is 124. The molecule has 82 valence electrons. The molecule has 0 aromatic rings. The zero-order chi connectivity index (χ0) is 9.82. The number of rotatable bonds is 0. The highest BCUT2D eigenvalue weighted by Crippen LogP contribution is 1.92. The molecule has 0 aliphatic carbocycles. The number of hydrogen-bond donors (Lipinski definition) is 1. The maximum atomic E-state index is 10.5. The summed E-state index contributed by atoms with van der Waals surface area (Å²) in [6.45, 7) is 8.83. The fourth-order valence-corrected chi connectivity index (χ4v) is 0.681. The van der Waals surface area contributed by atoms with Gasteiger partial charge in [-0.3, -0.25) is 4.79 Å². The smallest absolute Gasteiger partial charge is 0.243 e. The van der Waals surface area contributed by atoms with Crippen molar-refractivity contribution >= 4 is 5.91 Å². The number of carbonyl (C=O) groups is 1. The number of allylic oxidation sites excluding steroid dienone is 1. The van der Waals surface area contributed by atoms with Crippen molar-refractivity contribution in [2.45, 2.75) is 48.0 Å². The van der Waals surface area contributed by atoms with E-state index < -0.39 is 0 Å². The molecule has 0 saturated heterocycles. The number of nitrogens with one attached hydrogen (secondary N) is 1. The second-order valence-electron chi connectivity index (χ2n) is 1.84. The van der Waals surface area contributed by atoms with Crippen molar-refractivity contribution in [2.24, 2.45) is 0 Å². The van der Waals surface area contributed by atoms with E-state index in [0.717, 1.165) is 19.4 Å². The fourth-order valence-electron chi connectivity index (χ4n) is 0.681. The van der Waals surface area contributed by atoms with Gasteiger partial charge in [0.05, 0.1) is 0 Å². The van der Waals surface area contributed by atoms with E-state index >= 15 is 0 Å². The summed E-state index contributed by atoms with van der Waals surface area (Å²) in [4.78, 5) is 10.5. The second-order valence-corrected chi connectivity index (χ2v) is 1.84. The van der Waals surface area contributed by atoms with Crippen LogP contribution in [0.15, 0.2) is 12.2 Å². The number of hydrogen-bond acceptors (Lipinski definition) is 1. The SMILES string of the molecule is C.CC.CC.O=C1C=CCCCN1.[HH]. The Morgan fingerprint density at radius 3 is 2.38 bits per heavy atom. The molecular formula is C11H27NO. The van der Waals surface area contributed by atoms with Gasteiger partial charge in [0.25, 0.3) is 0 Å². The highest BCUT2D eigenvalue weighted by atomic mass is 16.1. The van der Waals surface area contributed by atoms with E-state index in [0.29, 0.717) is 0 Å². The monoisotopic (exact) mass is 189 g/mol. The number of amides is 1. The largest absolute Gasteiger partial charge is 0.353 e. The van der Waals surface area contributed by atoms with Crippen molar-refractivity contribution < 1.29 is 6.22 Å². The van der Waals surface area contributed by atoms with Crippen LogP contribution in [0, 0.1) is 0 Å². The maximum Gasteiger partial charge on any atom is 0.243 e. The van der Waals surface area contributed by atoms with Crippen LogP contribution in [0.5, 0.6) is 0 Å². The molecule has 1 N–H and O–H groups in total. The minimum absolute atomic E-state index is 0. The first kappa shape index (κ1) is 18.1. The van der Waals surface area contributed by atoms with Crippen LogP contribution < -0.4 is 5.32 Å². The topological polar surface area (TPSA) is 29.1 Å². The first-order chi connectivity index (χ1) is 5.89. The van der Waals surface area contributed by atoms with Crippen LogP contribution in [0.2, 0.25) is 0 Å². The lowest BCUT2D eigenvalue weighted by molar-refractivity contribution is -0.116. The predicted molar refractivity (Wildman–Crippen MR) is 62.9 cm³/mol. The maximum absolute atomic E-state index is 10.5. The van der Waals surface area contributed by atoms with Crippen LogP contribution in [0.1, 0.15) is 49.4 Å². The van der Waals surface area contributed by atoms with Gasteiger partial charge in [0.15, 0.2) is 0 Å². The summed E-state index contributed by atoms with van der Waals surface area (Å²) in [5.41, 5.74) is 0. The van der Waals surface area contributed by atoms with Gasteiger partial charge >= 0.3 is 0 Å². The van der Waals surface area contributed by atoms with Crippen molar-refractivity contribution in [1.29, 1.82) is 0 Å². The van der Waals surface area contributed by atoms with Gasteiger partial charge in [-0.2, -0.15) is 0 Å². The van der Waals surface area contributed by atoms with Gasteiger partial charge in [-0.05, 0) is 18.9 Å². The van der Waals surface area contributed by atoms with Crippen molar-refractivity contribution in [3.63, 3.8) is 0 Å². The first-order valence-electron chi connectivity index (χ1n) is 4.84. The van der Waals surface area contributed by atoms with Gasteiger partial charge in [-0.15, -0.1) is 0 Å². The van der Waals surface area contributed by atoms with Crippen LogP contribution >= 0.6 is 0 Å². The molecule has 1 aliphatic rings. The predicted octanol–water partition coefficient (Wildman–Crippen LogP) is 3.39. The molecule has 0 saturated carbocycles. The van der Waals surface area contributed by atoms with E-state index in [4.69, 9.17) is 0 Å². The molecule has 0 radical (unpaired) electrons. The third kappa shape index (κ3) is 14.1. The highest BCUT2D eigenvalue weighted by molar-refractivity contribution is 5.87. The molecule has 0 bridgehead atoms. The van der Waals surface area contributed by atoms with Crippen LogP contribution in [-0.2, 0) is 4.79 Å². The molecule has 1 rings (SSSR count). The van der Waals surface area contributed by atoms with Gasteiger partial charge in [0.2, 0.25) is 5.91 Å². The molecule has 0 aromatic carbocycles. The first-order valence-corrected chi connectivity index (χ1v) is 4.84. The van der Waals surface area contributed by atoms with Crippen molar-refractivity contribution in [1.82, 2.24) is 5.32 Å². The summed E-state index contributed by atoms with van der Waals surface area (Å²) < 4.78 is 0. The van der Waals surface area contributed by atoms with E-state index in [-0.39, 0.29) is 14.8 Å². The van der Waals surface area contributed by atoms with E-state index in [1.807, 2.05) is 33.8 Å². The lowest BCUT2D eigenvalue weighted by Gasteiger charge is -1.92. The minimum Gasteiger partial charge on any atom is -0.353 e. The third-order valence-corrected chi connectivity index (χ3v) is 1.12. The van der Waals surface area contributed by atoms with Crippen molar-refractivity contribution in [2.75, 3.05) is 6.54 Å². The molecule has 0 unspecified atom stereocenters. The Morgan fingerprint density at radius 1 is 1.31 bits per heavy atom. The molecule has 2 heteroatoms. The van der Waals surface area contributed by atoms with Crippen molar-refractivity contribution in [3.8, 4) is 0 Å². The molecule has 1 aliphatic heterocycles. The summed E-state index contributed by atoms with van der Waals surface area (Å²) in [6.07, 6.45) is 5.59. The van der Waals surface area contributed by atoms with Gasteiger partial charge in [0.1, 0.15) is 0 Å². The number of carbonyl (C=O) groups excluding carboxylic acids is 1. The Hall–Kier alpha value is -0.790. The van der Waals surface area contributed by atoms with Gasteiger partial charge in [0, 0.05) is 7.97 Å². The average Bonchev–Trinajstić information content (AvgIpc) is 2.40. The fraction of sp³-hybridized carbons (Fsp3) is 0.727. The Morgan fingerprint density at radius 2 is 1.85 bits per heavy atom. The Labute approximate surface area is 84.9 Å². The molecule has 13 heavy (non-hydrogen) atoms. The molecule has 0 fully saturated rings. The minimum atomic E-state index is 0. The highest BCUT2D eigenvalue weighted by Gasteiger charge is 1.96. The van der Waals surface area contributed by atoms with Crippen LogP contribution in [0.3, 0.4) is 0 Å². The molecular weight excluding hydrogens is 162 g/mol. The third-order valence-electron chi connectivity index (χ3n) is 1.12. The normalized spacial score (nSPS) is 13.1. The van der Waals surface area contributed by atoms with E-state index in [2.05, 4.69) is 5.32 Å².